The second kappa shape index (κ2) is 7.17. The predicted octanol–water partition coefficient (Wildman–Crippen LogP) is 2.68. The molecule has 0 bridgehead atoms. The highest BCUT2D eigenvalue weighted by molar-refractivity contribution is 7.17. The van der Waals surface area contributed by atoms with Crippen LogP contribution in [0.25, 0.3) is 10.1 Å². The lowest BCUT2D eigenvalue weighted by Crippen LogP contribution is -2.20. The van der Waals surface area contributed by atoms with Gasteiger partial charge in [-0.25, -0.2) is 0 Å². The molecule has 0 aliphatic carbocycles. The molecule has 0 aliphatic heterocycles. The van der Waals surface area contributed by atoms with Crippen LogP contribution in [0.3, 0.4) is 0 Å². The number of rotatable bonds is 7. The van der Waals surface area contributed by atoms with Crippen LogP contribution in [0.2, 0.25) is 0 Å². The molecular formula is C15H17NOS. The molecule has 1 heterocycles. The Morgan fingerprint density at radius 3 is 3.11 bits per heavy atom. The zero-order valence-electron chi connectivity index (χ0n) is 10.3. The molecule has 2 aromatic rings. The van der Waals surface area contributed by atoms with Crippen molar-refractivity contribution in [2.75, 3.05) is 26.3 Å². The minimum atomic E-state index is 0.609. The highest BCUT2D eigenvalue weighted by atomic mass is 32.1. The number of benzene rings is 1. The van der Waals surface area contributed by atoms with Crippen molar-refractivity contribution in [2.45, 2.75) is 6.42 Å². The maximum absolute atomic E-state index is 5.55. The highest BCUT2D eigenvalue weighted by Crippen LogP contribution is 2.21. The third-order valence-corrected chi connectivity index (χ3v) is 3.60. The zero-order valence-corrected chi connectivity index (χ0v) is 11.1. The summed E-state index contributed by atoms with van der Waals surface area (Å²) < 4.78 is 6.89. The Morgan fingerprint density at radius 1 is 1.28 bits per heavy atom. The molecule has 0 saturated carbocycles. The largest absolute Gasteiger partial charge is 0.380 e. The van der Waals surface area contributed by atoms with E-state index in [-0.39, 0.29) is 0 Å². The van der Waals surface area contributed by atoms with Gasteiger partial charge in [0, 0.05) is 11.2 Å². The van der Waals surface area contributed by atoms with Gasteiger partial charge in [0.1, 0.15) is 0 Å². The second-order valence-electron chi connectivity index (χ2n) is 4.04. The van der Waals surface area contributed by atoms with Crippen LogP contribution in [0.15, 0.2) is 29.6 Å². The number of ether oxygens (including phenoxy) is 1. The van der Waals surface area contributed by atoms with E-state index >= 15 is 0 Å². The molecule has 2 rings (SSSR count). The molecule has 18 heavy (non-hydrogen) atoms. The van der Waals surface area contributed by atoms with E-state index in [1.54, 1.807) is 11.3 Å². The number of thiophene rings is 1. The van der Waals surface area contributed by atoms with Crippen molar-refractivity contribution in [3.63, 3.8) is 0 Å². The number of terminal acetylenes is 1. The molecule has 0 atom stereocenters. The van der Waals surface area contributed by atoms with Gasteiger partial charge in [0.2, 0.25) is 0 Å². The van der Waals surface area contributed by atoms with Crippen molar-refractivity contribution in [1.82, 2.24) is 5.32 Å². The SMILES string of the molecule is C#CCNCCOCCc1ccc2sccc2c1. The second-order valence-corrected chi connectivity index (χ2v) is 4.98. The molecule has 0 unspecified atom stereocenters. The Morgan fingerprint density at radius 2 is 2.22 bits per heavy atom. The van der Waals surface area contributed by atoms with Crippen LogP contribution >= 0.6 is 11.3 Å². The van der Waals surface area contributed by atoms with Crippen molar-refractivity contribution in [3.8, 4) is 12.3 Å². The molecule has 0 fully saturated rings. The molecule has 94 valence electrons. The quantitative estimate of drug-likeness (QED) is 0.610. The lowest BCUT2D eigenvalue weighted by molar-refractivity contribution is 0.140. The topological polar surface area (TPSA) is 21.3 Å². The van der Waals surface area contributed by atoms with Gasteiger partial charge in [-0.2, -0.15) is 0 Å². The van der Waals surface area contributed by atoms with Crippen LogP contribution in [0.4, 0.5) is 0 Å². The van der Waals surface area contributed by atoms with Gasteiger partial charge in [-0.15, -0.1) is 17.8 Å². The first-order valence-electron chi connectivity index (χ1n) is 6.08. The van der Waals surface area contributed by atoms with E-state index < -0.39 is 0 Å². The van der Waals surface area contributed by atoms with Crippen molar-refractivity contribution in [3.05, 3.63) is 35.2 Å². The minimum absolute atomic E-state index is 0.609. The summed E-state index contributed by atoms with van der Waals surface area (Å²) in [6.45, 7) is 2.89. The van der Waals surface area contributed by atoms with Crippen LogP contribution in [0.1, 0.15) is 5.56 Å². The van der Waals surface area contributed by atoms with E-state index in [0.29, 0.717) is 13.2 Å². The van der Waals surface area contributed by atoms with Gasteiger partial charge in [0.15, 0.2) is 0 Å². The normalized spacial score (nSPS) is 10.6. The van der Waals surface area contributed by atoms with Gasteiger partial charge in [0.25, 0.3) is 0 Å². The maximum atomic E-state index is 5.55. The standard InChI is InChI=1S/C15H17NOS/c1-2-7-16-8-10-17-9-5-13-3-4-15-14(12-13)6-11-18-15/h1,3-4,6,11-12,16H,5,7-10H2. The Bertz CT molecular complexity index is 527. The van der Waals surface area contributed by atoms with E-state index in [1.165, 1.54) is 15.6 Å². The number of hydrogen-bond acceptors (Lipinski definition) is 3. The highest BCUT2D eigenvalue weighted by Gasteiger charge is 1.98. The zero-order chi connectivity index (χ0) is 12.6. The molecule has 2 nitrogen and oxygen atoms in total. The van der Waals surface area contributed by atoms with Gasteiger partial charge < -0.3 is 10.1 Å². The van der Waals surface area contributed by atoms with Crippen molar-refractivity contribution in [1.29, 1.82) is 0 Å². The summed E-state index contributed by atoms with van der Waals surface area (Å²) in [6, 6.07) is 8.77. The van der Waals surface area contributed by atoms with Crippen molar-refractivity contribution < 1.29 is 4.74 Å². The number of hydrogen-bond donors (Lipinski definition) is 1. The summed E-state index contributed by atoms with van der Waals surface area (Å²) in [7, 11) is 0. The van der Waals surface area contributed by atoms with Gasteiger partial charge in [-0.05, 0) is 34.9 Å². The molecule has 1 aromatic heterocycles. The molecule has 1 N–H and O–H groups in total. The summed E-state index contributed by atoms with van der Waals surface area (Å²) in [6.07, 6.45) is 6.09. The van der Waals surface area contributed by atoms with Crippen molar-refractivity contribution >= 4 is 21.4 Å². The van der Waals surface area contributed by atoms with E-state index in [9.17, 15) is 0 Å². The molecule has 0 radical (unpaired) electrons. The fourth-order valence-corrected chi connectivity index (χ4v) is 2.54. The lowest BCUT2D eigenvalue weighted by Gasteiger charge is -2.05. The van der Waals surface area contributed by atoms with Gasteiger partial charge >= 0.3 is 0 Å². The average Bonchev–Trinajstić information content (AvgIpc) is 2.85. The Hall–Kier alpha value is -1.34. The van der Waals surface area contributed by atoms with Crippen LogP contribution in [-0.2, 0) is 11.2 Å². The molecule has 3 heteroatoms. The molecule has 0 saturated heterocycles. The average molecular weight is 259 g/mol. The summed E-state index contributed by atoms with van der Waals surface area (Å²) in [4.78, 5) is 0. The molecule has 0 amide bonds. The minimum Gasteiger partial charge on any atom is -0.380 e. The molecular weight excluding hydrogens is 242 g/mol. The summed E-state index contributed by atoms with van der Waals surface area (Å²) in [5.74, 6) is 2.53. The van der Waals surface area contributed by atoms with Gasteiger partial charge in [-0.3, -0.25) is 0 Å². The molecule has 0 aliphatic rings. The van der Waals surface area contributed by atoms with E-state index in [1.807, 2.05) is 0 Å². The van der Waals surface area contributed by atoms with Crippen LogP contribution < -0.4 is 5.32 Å². The summed E-state index contributed by atoms with van der Waals surface area (Å²) in [5.41, 5.74) is 1.33. The molecule has 0 spiro atoms. The fraction of sp³-hybridized carbons (Fsp3) is 0.333. The Balaban J connectivity index is 1.68. The first-order chi connectivity index (χ1) is 8.90. The Kier molecular flexibility index (Phi) is 5.22. The summed E-state index contributed by atoms with van der Waals surface area (Å²) in [5, 5.41) is 6.55. The predicted molar refractivity (Wildman–Crippen MR) is 78.1 cm³/mol. The summed E-state index contributed by atoms with van der Waals surface area (Å²) >= 11 is 1.78. The number of nitrogens with one attached hydrogen (secondary N) is 1. The van der Waals surface area contributed by atoms with Crippen LogP contribution in [-0.4, -0.2) is 26.3 Å². The van der Waals surface area contributed by atoms with E-state index in [2.05, 4.69) is 40.9 Å². The third kappa shape index (κ3) is 3.85. The fourth-order valence-electron chi connectivity index (χ4n) is 1.77. The van der Waals surface area contributed by atoms with E-state index in [0.717, 1.165) is 19.6 Å². The number of fused-ring (bicyclic) bond motifs is 1. The van der Waals surface area contributed by atoms with Gasteiger partial charge in [-0.1, -0.05) is 18.1 Å². The van der Waals surface area contributed by atoms with Crippen LogP contribution in [0, 0.1) is 12.3 Å². The van der Waals surface area contributed by atoms with Gasteiger partial charge in [0.05, 0.1) is 19.8 Å². The van der Waals surface area contributed by atoms with E-state index in [4.69, 9.17) is 11.2 Å². The Labute approximate surface area is 112 Å². The lowest BCUT2D eigenvalue weighted by atomic mass is 10.1. The first-order valence-corrected chi connectivity index (χ1v) is 6.96. The molecule has 1 aromatic carbocycles. The van der Waals surface area contributed by atoms with Crippen LogP contribution in [0.5, 0.6) is 0 Å². The first kappa shape index (κ1) is 13.1. The van der Waals surface area contributed by atoms with Crippen molar-refractivity contribution in [2.24, 2.45) is 0 Å². The monoisotopic (exact) mass is 259 g/mol. The third-order valence-electron chi connectivity index (χ3n) is 2.70. The smallest absolute Gasteiger partial charge is 0.0591 e. The maximum Gasteiger partial charge on any atom is 0.0591 e.